The highest BCUT2D eigenvalue weighted by Crippen LogP contribution is 2.21. The summed E-state index contributed by atoms with van der Waals surface area (Å²) >= 11 is 1.27. The summed E-state index contributed by atoms with van der Waals surface area (Å²) < 4.78 is 1.54. The lowest BCUT2D eigenvalue weighted by atomic mass is 10.3. The molecule has 0 aliphatic heterocycles. The molecule has 0 spiro atoms. The summed E-state index contributed by atoms with van der Waals surface area (Å²) in [6.07, 6.45) is 0. The van der Waals surface area contributed by atoms with Gasteiger partial charge in [0.1, 0.15) is 5.75 Å². The third-order valence-electron chi connectivity index (χ3n) is 3.55. The summed E-state index contributed by atoms with van der Waals surface area (Å²) in [6.45, 7) is 2.53. The van der Waals surface area contributed by atoms with Crippen molar-refractivity contribution in [3.05, 3.63) is 54.6 Å². The van der Waals surface area contributed by atoms with Crippen LogP contribution in [0.5, 0.6) is 5.75 Å². The monoisotopic (exact) mass is 355 g/mol. The topological polar surface area (TPSA) is 84.1 Å². The lowest BCUT2D eigenvalue weighted by Gasteiger charge is -2.20. The molecule has 3 aromatic rings. The van der Waals surface area contributed by atoms with Crippen LogP contribution in [0.2, 0.25) is 0 Å². The summed E-state index contributed by atoms with van der Waals surface area (Å²) in [5.74, 6) is 0.378. The number of tetrazole rings is 1. The van der Waals surface area contributed by atoms with Gasteiger partial charge in [-0.05, 0) is 53.7 Å². The molecular formula is C17H17N5O2S. The number of amides is 1. The molecule has 3 rings (SSSR count). The molecule has 0 aliphatic rings. The maximum Gasteiger partial charge on any atom is 0.237 e. The second-order valence-corrected chi connectivity index (χ2v) is 6.09. The molecule has 8 heteroatoms. The van der Waals surface area contributed by atoms with E-state index in [4.69, 9.17) is 0 Å². The molecule has 1 N–H and O–H groups in total. The molecule has 0 aliphatic carbocycles. The van der Waals surface area contributed by atoms with Crippen molar-refractivity contribution in [2.45, 2.75) is 12.1 Å². The molecule has 0 atom stereocenters. The van der Waals surface area contributed by atoms with Crippen LogP contribution in [0.25, 0.3) is 5.69 Å². The maximum absolute atomic E-state index is 12.6. The van der Waals surface area contributed by atoms with E-state index in [2.05, 4.69) is 15.5 Å². The largest absolute Gasteiger partial charge is 0.508 e. The molecule has 1 aromatic heterocycles. The smallest absolute Gasteiger partial charge is 0.237 e. The number of aromatic nitrogens is 4. The van der Waals surface area contributed by atoms with Crippen LogP contribution >= 0.6 is 11.8 Å². The van der Waals surface area contributed by atoms with E-state index in [0.29, 0.717) is 17.4 Å². The van der Waals surface area contributed by atoms with Gasteiger partial charge in [0.25, 0.3) is 0 Å². The predicted octanol–water partition coefficient (Wildman–Crippen LogP) is 2.51. The first-order chi connectivity index (χ1) is 12.2. The first-order valence-electron chi connectivity index (χ1n) is 7.75. The molecule has 0 saturated heterocycles. The van der Waals surface area contributed by atoms with E-state index in [9.17, 15) is 9.90 Å². The van der Waals surface area contributed by atoms with Crippen molar-refractivity contribution in [3.63, 3.8) is 0 Å². The van der Waals surface area contributed by atoms with Gasteiger partial charge in [-0.2, -0.15) is 4.68 Å². The zero-order chi connectivity index (χ0) is 17.6. The third-order valence-corrected chi connectivity index (χ3v) is 4.45. The number of rotatable bonds is 6. The van der Waals surface area contributed by atoms with Gasteiger partial charge in [-0.25, -0.2) is 0 Å². The number of aromatic hydroxyl groups is 1. The standard InChI is InChI=1S/C17H17N5O2S/c1-2-21(13-6-4-3-5-7-13)16(24)12-25-17-18-19-20-22(17)14-8-10-15(23)11-9-14/h3-11,23H,2,12H2,1H3. The lowest BCUT2D eigenvalue weighted by molar-refractivity contribution is -0.116. The fourth-order valence-corrected chi connectivity index (χ4v) is 3.11. The van der Waals surface area contributed by atoms with Gasteiger partial charge in [-0.3, -0.25) is 4.79 Å². The van der Waals surface area contributed by atoms with Crippen LogP contribution in [0.15, 0.2) is 59.8 Å². The van der Waals surface area contributed by atoms with Gasteiger partial charge in [-0.1, -0.05) is 30.0 Å². The van der Waals surface area contributed by atoms with Crippen LogP contribution in [0.1, 0.15) is 6.92 Å². The molecule has 0 radical (unpaired) electrons. The second-order valence-electron chi connectivity index (χ2n) is 5.15. The number of hydrogen-bond acceptors (Lipinski definition) is 6. The van der Waals surface area contributed by atoms with Crippen LogP contribution in [-0.2, 0) is 4.79 Å². The normalized spacial score (nSPS) is 10.6. The van der Waals surface area contributed by atoms with E-state index in [1.807, 2.05) is 37.3 Å². The van der Waals surface area contributed by atoms with Crippen LogP contribution in [-0.4, -0.2) is 43.5 Å². The molecule has 128 valence electrons. The van der Waals surface area contributed by atoms with Crippen molar-refractivity contribution >= 4 is 23.4 Å². The van der Waals surface area contributed by atoms with Crippen molar-refractivity contribution in [2.24, 2.45) is 0 Å². The molecule has 1 heterocycles. The van der Waals surface area contributed by atoms with Gasteiger partial charge in [0.05, 0.1) is 11.4 Å². The molecular weight excluding hydrogens is 338 g/mol. The number of phenols is 1. The number of para-hydroxylation sites is 1. The molecule has 7 nitrogen and oxygen atoms in total. The molecule has 1 amide bonds. The number of benzene rings is 2. The Morgan fingerprint density at radius 3 is 2.56 bits per heavy atom. The molecule has 2 aromatic carbocycles. The fourth-order valence-electron chi connectivity index (χ4n) is 2.34. The highest BCUT2D eigenvalue weighted by Gasteiger charge is 2.16. The van der Waals surface area contributed by atoms with Gasteiger partial charge in [0.2, 0.25) is 11.1 Å². The number of phenolic OH excluding ortho intramolecular Hbond substituents is 1. The zero-order valence-corrected chi connectivity index (χ0v) is 14.4. The maximum atomic E-state index is 12.6. The molecule has 0 fully saturated rings. The Balaban J connectivity index is 1.71. The van der Waals surface area contributed by atoms with E-state index in [-0.39, 0.29) is 17.4 Å². The zero-order valence-electron chi connectivity index (χ0n) is 13.6. The number of hydrogen-bond donors (Lipinski definition) is 1. The summed E-state index contributed by atoms with van der Waals surface area (Å²) in [4.78, 5) is 14.3. The Hall–Kier alpha value is -2.87. The minimum atomic E-state index is -0.0149. The van der Waals surface area contributed by atoms with Crippen LogP contribution < -0.4 is 4.90 Å². The Morgan fingerprint density at radius 1 is 1.16 bits per heavy atom. The average Bonchev–Trinajstić information content (AvgIpc) is 3.11. The molecule has 0 unspecified atom stereocenters. The Bertz CT molecular complexity index is 836. The van der Waals surface area contributed by atoms with Crippen molar-refractivity contribution in [1.82, 2.24) is 20.2 Å². The van der Waals surface area contributed by atoms with Crippen molar-refractivity contribution < 1.29 is 9.90 Å². The fraction of sp³-hybridized carbons (Fsp3) is 0.176. The number of anilines is 1. The Kier molecular flexibility index (Phi) is 5.30. The van der Waals surface area contributed by atoms with Crippen LogP contribution in [0, 0.1) is 0 Å². The highest BCUT2D eigenvalue weighted by atomic mass is 32.2. The van der Waals surface area contributed by atoms with Gasteiger partial charge in [0, 0.05) is 12.2 Å². The quantitative estimate of drug-likeness (QED) is 0.684. The van der Waals surface area contributed by atoms with Crippen molar-refractivity contribution in [2.75, 3.05) is 17.2 Å². The number of nitrogens with zero attached hydrogens (tertiary/aromatic N) is 5. The summed E-state index contributed by atoms with van der Waals surface area (Å²) in [5.41, 5.74) is 1.59. The van der Waals surface area contributed by atoms with Crippen LogP contribution in [0.4, 0.5) is 5.69 Å². The van der Waals surface area contributed by atoms with Gasteiger partial charge in [0.15, 0.2) is 0 Å². The third kappa shape index (κ3) is 3.97. The van der Waals surface area contributed by atoms with E-state index in [0.717, 1.165) is 5.69 Å². The molecule has 25 heavy (non-hydrogen) atoms. The van der Waals surface area contributed by atoms with Gasteiger partial charge < -0.3 is 10.0 Å². The van der Waals surface area contributed by atoms with E-state index < -0.39 is 0 Å². The van der Waals surface area contributed by atoms with Crippen LogP contribution in [0.3, 0.4) is 0 Å². The molecule has 0 saturated carbocycles. The predicted molar refractivity (Wildman–Crippen MR) is 96.0 cm³/mol. The number of carbonyl (C=O) groups excluding carboxylic acids is 1. The van der Waals surface area contributed by atoms with E-state index >= 15 is 0 Å². The average molecular weight is 355 g/mol. The number of carbonyl (C=O) groups is 1. The van der Waals surface area contributed by atoms with Gasteiger partial charge >= 0.3 is 0 Å². The summed E-state index contributed by atoms with van der Waals surface area (Å²) in [6, 6.07) is 16.1. The van der Waals surface area contributed by atoms with E-state index in [1.54, 1.807) is 29.2 Å². The van der Waals surface area contributed by atoms with E-state index in [1.165, 1.54) is 16.4 Å². The van der Waals surface area contributed by atoms with Crippen molar-refractivity contribution in [1.29, 1.82) is 0 Å². The Morgan fingerprint density at radius 2 is 1.88 bits per heavy atom. The second kappa shape index (κ2) is 7.80. The lowest BCUT2D eigenvalue weighted by Crippen LogP contribution is -2.32. The van der Waals surface area contributed by atoms with Crippen molar-refractivity contribution in [3.8, 4) is 11.4 Å². The summed E-state index contributed by atoms with van der Waals surface area (Å²) in [7, 11) is 0. The summed E-state index contributed by atoms with van der Waals surface area (Å²) in [5, 5.41) is 21.5. The Labute approximate surface area is 149 Å². The molecule has 0 bridgehead atoms. The first kappa shape index (κ1) is 17.0. The highest BCUT2D eigenvalue weighted by molar-refractivity contribution is 7.99. The SMILES string of the molecule is CCN(C(=O)CSc1nnnn1-c1ccc(O)cc1)c1ccccc1. The number of thioether (sulfide) groups is 1. The van der Waals surface area contributed by atoms with Gasteiger partial charge in [-0.15, -0.1) is 5.10 Å². The minimum absolute atomic E-state index is 0.0149. The minimum Gasteiger partial charge on any atom is -0.508 e. The first-order valence-corrected chi connectivity index (χ1v) is 8.73.